The molecule has 7 heteroatoms. The first-order valence-electron chi connectivity index (χ1n) is 7.84. The highest BCUT2D eigenvalue weighted by atomic mass is 19.2. The Labute approximate surface area is 142 Å². The molecule has 1 saturated heterocycles. The standard InChI is InChI=1S/C18H16F3NO3/c19-14-6-7-15(17(21)16(14)20)22-18(23)11-3-1-4-12(9-11)25-10-13-5-2-8-24-13/h1,3-4,6-7,9,13H,2,5,8,10H2,(H,22,23)/t13-/m0/s1. The van der Waals surface area contributed by atoms with Crippen molar-refractivity contribution >= 4 is 11.6 Å². The normalized spacial score (nSPS) is 16.7. The summed E-state index contributed by atoms with van der Waals surface area (Å²) in [5, 5.41) is 2.22. The first kappa shape index (κ1) is 17.3. The number of carbonyl (C=O) groups is 1. The molecule has 0 bridgehead atoms. The molecule has 3 rings (SSSR count). The van der Waals surface area contributed by atoms with Gasteiger partial charge in [-0.15, -0.1) is 0 Å². The van der Waals surface area contributed by atoms with Crippen molar-refractivity contribution in [2.24, 2.45) is 0 Å². The molecule has 0 spiro atoms. The Morgan fingerprint density at radius 2 is 2.04 bits per heavy atom. The molecule has 25 heavy (non-hydrogen) atoms. The third-order valence-corrected chi connectivity index (χ3v) is 3.84. The van der Waals surface area contributed by atoms with Gasteiger partial charge in [-0.3, -0.25) is 4.79 Å². The molecule has 1 aliphatic rings. The van der Waals surface area contributed by atoms with E-state index < -0.39 is 29.0 Å². The Kier molecular flexibility index (Phi) is 5.23. The third kappa shape index (κ3) is 4.11. The van der Waals surface area contributed by atoms with E-state index in [1.165, 1.54) is 12.1 Å². The maximum atomic E-state index is 13.6. The third-order valence-electron chi connectivity index (χ3n) is 3.84. The van der Waals surface area contributed by atoms with Crippen molar-refractivity contribution in [1.29, 1.82) is 0 Å². The number of anilines is 1. The van der Waals surface area contributed by atoms with Crippen molar-refractivity contribution in [3.63, 3.8) is 0 Å². The average molecular weight is 351 g/mol. The molecule has 1 aliphatic heterocycles. The highest BCUT2D eigenvalue weighted by molar-refractivity contribution is 6.04. The van der Waals surface area contributed by atoms with E-state index in [0.29, 0.717) is 12.4 Å². The molecule has 0 unspecified atom stereocenters. The van der Waals surface area contributed by atoms with Crippen molar-refractivity contribution in [3.05, 3.63) is 59.4 Å². The van der Waals surface area contributed by atoms with Gasteiger partial charge in [0.05, 0.1) is 11.8 Å². The van der Waals surface area contributed by atoms with Crippen LogP contribution in [0.4, 0.5) is 18.9 Å². The fraction of sp³-hybridized carbons (Fsp3) is 0.278. The molecule has 132 valence electrons. The van der Waals surface area contributed by atoms with Crippen molar-refractivity contribution in [3.8, 4) is 5.75 Å². The average Bonchev–Trinajstić information content (AvgIpc) is 3.14. The van der Waals surface area contributed by atoms with E-state index in [1.807, 2.05) is 0 Å². The van der Waals surface area contributed by atoms with E-state index in [1.54, 1.807) is 12.1 Å². The summed E-state index contributed by atoms with van der Waals surface area (Å²) in [5.41, 5.74) is -0.233. The number of benzene rings is 2. The second-order valence-corrected chi connectivity index (χ2v) is 5.65. The van der Waals surface area contributed by atoms with E-state index in [9.17, 15) is 18.0 Å². The van der Waals surface area contributed by atoms with Crippen LogP contribution in [0.1, 0.15) is 23.2 Å². The summed E-state index contributed by atoms with van der Waals surface area (Å²) in [6.45, 7) is 1.10. The molecule has 2 aromatic rings. The summed E-state index contributed by atoms with van der Waals surface area (Å²) in [6, 6.07) is 8.00. The van der Waals surface area contributed by atoms with Gasteiger partial charge in [0.15, 0.2) is 17.5 Å². The number of amides is 1. The van der Waals surface area contributed by atoms with Gasteiger partial charge in [0.25, 0.3) is 5.91 Å². The first-order valence-corrected chi connectivity index (χ1v) is 7.84. The molecule has 1 fully saturated rings. The Balaban J connectivity index is 1.67. The fourth-order valence-corrected chi connectivity index (χ4v) is 2.51. The van der Waals surface area contributed by atoms with Gasteiger partial charge in [-0.25, -0.2) is 13.2 Å². The van der Waals surface area contributed by atoms with Crippen LogP contribution in [0.2, 0.25) is 0 Å². The van der Waals surface area contributed by atoms with Gasteiger partial charge in [0, 0.05) is 12.2 Å². The van der Waals surface area contributed by atoms with Crippen molar-refractivity contribution in [2.75, 3.05) is 18.5 Å². The molecule has 2 aromatic carbocycles. The highest BCUT2D eigenvalue weighted by Crippen LogP contribution is 2.22. The predicted octanol–water partition coefficient (Wildman–Crippen LogP) is 3.91. The lowest BCUT2D eigenvalue weighted by molar-refractivity contribution is 0.0679. The summed E-state index contributed by atoms with van der Waals surface area (Å²) in [4.78, 5) is 12.2. The molecule has 0 saturated carbocycles. The molecule has 4 nitrogen and oxygen atoms in total. The Bertz CT molecular complexity index is 776. The van der Waals surface area contributed by atoms with E-state index in [4.69, 9.17) is 9.47 Å². The largest absolute Gasteiger partial charge is 0.491 e. The molecule has 1 atom stereocenters. The van der Waals surface area contributed by atoms with Crippen molar-refractivity contribution in [2.45, 2.75) is 18.9 Å². The molecule has 0 aliphatic carbocycles. The minimum absolute atomic E-state index is 0.0359. The quantitative estimate of drug-likeness (QED) is 0.831. The smallest absolute Gasteiger partial charge is 0.255 e. The van der Waals surface area contributed by atoms with Crippen LogP contribution in [0.5, 0.6) is 5.75 Å². The number of ether oxygens (including phenoxy) is 2. The fourth-order valence-electron chi connectivity index (χ4n) is 2.51. The zero-order valence-corrected chi connectivity index (χ0v) is 13.2. The second kappa shape index (κ2) is 7.57. The number of hydrogen-bond acceptors (Lipinski definition) is 3. The second-order valence-electron chi connectivity index (χ2n) is 5.65. The summed E-state index contributed by atoms with van der Waals surface area (Å²) in [6.07, 6.45) is 1.96. The monoisotopic (exact) mass is 351 g/mol. The minimum Gasteiger partial charge on any atom is -0.491 e. The molecule has 0 aromatic heterocycles. The van der Waals surface area contributed by atoms with E-state index in [-0.39, 0.29) is 11.7 Å². The molecular weight excluding hydrogens is 335 g/mol. The molecule has 1 heterocycles. The van der Waals surface area contributed by atoms with Gasteiger partial charge in [0.1, 0.15) is 12.4 Å². The van der Waals surface area contributed by atoms with Crippen LogP contribution in [0.15, 0.2) is 36.4 Å². The first-order chi connectivity index (χ1) is 12.0. The van der Waals surface area contributed by atoms with Gasteiger partial charge in [0.2, 0.25) is 0 Å². The van der Waals surface area contributed by atoms with Gasteiger partial charge in [-0.1, -0.05) is 6.07 Å². The molecular formula is C18H16F3NO3. The zero-order chi connectivity index (χ0) is 17.8. The molecule has 1 N–H and O–H groups in total. The van der Waals surface area contributed by atoms with Crippen LogP contribution in [-0.2, 0) is 4.74 Å². The van der Waals surface area contributed by atoms with Crippen LogP contribution in [0.3, 0.4) is 0 Å². The van der Waals surface area contributed by atoms with E-state index in [0.717, 1.165) is 31.6 Å². The van der Waals surface area contributed by atoms with Gasteiger partial charge < -0.3 is 14.8 Å². The predicted molar refractivity (Wildman–Crippen MR) is 85.2 cm³/mol. The summed E-state index contributed by atoms with van der Waals surface area (Å²) < 4.78 is 50.9. The number of hydrogen-bond donors (Lipinski definition) is 1. The number of carbonyl (C=O) groups excluding carboxylic acids is 1. The van der Waals surface area contributed by atoms with Crippen LogP contribution in [-0.4, -0.2) is 25.2 Å². The lowest BCUT2D eigenvalue weighted by Crippen LogP contribution is -2.17. The SMILES string of the molecule is O=C(Nc1ccc(F)c(F)c1F)c1cccc(OC[C@@H]2CCCO2)c1. The summed E-state index contributed by atoms with van der Waals surface area (Å²) >= 11 is 0. The Morgan fingerprint density at radius 3 is 2.80 bits per heavy atom. The van der Waals surface area contributed by atoms with Gasteiger partial charge in [-0.05, 0) is 43.2 Å². The highest BCUT2D eigenvalue weighted by Gasteiger charge is 2.18. The number of halogens is 3. The van der Waals surface area contributed by atoms with Crippen LogP contribution >= 0.6 is 0 Å². The number of rotatable bonds is 5. The molecule has 0 radical (unpaired) electrons. The lowest BCUT2D eigenvalue weighted by atomic mass is 10.2. The number of nitrogens with one attached hydrogen (secondary N) is 1. The maximum Gasteiger partial charge on any atom is 0.255 e. The Hall–Kier alpha value is -2.54. The summed E-state index contributed by atoms with van der Waals surface area (Å²) in [5.74, 6) is -4.59. The topological polar surface area (TPSA) is 47.6 Å². The van der Waals surface area contributed by atoms with Gasteiger partial charge >= 0.3 is 0 Å². The van der Waals surface area contributed by atoms with Gasteiger partial charge in [-0.2, -0.15) is 0 Å². The lowest BCUT2D eigenvalue weighted by Gasteiger charge is -2.12. The molecule has 1 amide bonds. The van der Waals surface area contributed by atoms with Crippen molar-refractivity contribution in [1.82, 2.24) is 0 Å². The van der Waals surface area contributed by atoms with Crippen LogP contribution < -0.4 is 10.1 Å². The van der Waals surface area contributed by atoms with Crippen LogP contribution in [0, 0.1) is 17.5 Å². The van der Waals surface area contributed by atoms with E-state index in [2.05, 4.69) is 5.32 Å². The zero-order valence-electron chi connectivity index (χ0n) is 13.2. The summed E-state index contributed by atoms with van der Waals surface area (Å²) in [7, 11) is 0. The van der Waals surface area contributed by atoms with Crippen molar-refractivity contribution < 1.29 is 27.4 Å². The maximum absolute atomic E-state index is 13.6. The Morgan fingerprint density at radius 1 is 1.20 bits per heavy atom. The minimum atomic E-state index is -1.63. The van der Waals surface area contributed by atoms with E-state index >= 15 is 0 Å². The van der Waals surface area contributed by atoms with Crippen LogP contribution in [0.25, 0.3) is 0 Å².